The molecule has 3 amide bonds. The van der Waals surface area contributed by atoms with Crippen LogP contribution in [0.5, 0.6) is 0 Å². The van der Waals surface area contributed by atoms with E-state index in [1.165, 1.54) is 24.3 Å². The molecule has 0 bridgehead atoms. The second kappa shape index (κ2) is 7.13. The molecule has 0 aliphatic heterocycles. The molecule has 0 aliphatic carbocycles. The minimum Gasteiger partial charge on any atom is -0.480 e. The van der Waals surface area contributed by atoms with Gasteiger partial charge in [0, 0.05) is 11.3 Å². The van der Waals surface area contributed by atoms with Gasteiger partial charge in [-0.2, -0.15) is 0 Å². The standard InChI is InChI=1S/C13H17N3O4/c1-2-3-10(12(18)19)16-13(20)15-9-6-4-8(5-7-9)11(14)17/h4-7,10H,2-3H2,1H3,(H2,14,17)(H,18,19)(H2,15,16,20)/t10-/m1/s1. The average Bonchev–Trinajstić information content (AvgIpc) is 2.38. The highest BCUT2D eigenvalue weighted by Gasteiger charge is 2.18. The van der Waals surface area contributed by atoms with E-state index in [9.17, 15) is 14.4 Å². The van der Waals surface area contributed by atoms with Crippen molar-refractivity contribution in [1.82, 2.24) is 5.32 Å². The van der Waals surface area contributed by atoms with E-state index in [1.807, 2.05) is 6.92 Å². The van der Waals surface area contributed by atoms with Gasteiger partial charge in [0.1, 0.15) is 6.04 Å². The normalized spacial score (nSPS) is 11.4. The number of hydrogen-bond donors (Lipinski definition) is 4. The number of urea groups is 1. The summed E-state index contributed by atoms with van der Waals surface area (Å²) in [5.41, 5.74) is 5.86. The maximum atomic E-state index is 11.6. The molecule has 0 fully saturated rings. The molecule has 0 heterocycles. The highest BCUT2D eigenvalue weighted by molar-refractivity contribution is 5.95. The van der Waals surface area contributed by atoms with Crippen LogP contribution in [-0.4, -0.2) is 29.1 Å². The number of nitrogens with one attached hydrogen (secondary N) is 2. The van der Waals surface area contributed by atoms with Gasteiger partial charge >= 0.3 is 12.0 Å². The van der Waals surface area contributed by atoms with Gasteiger partial charge in [-0.05, 0) is 30.7 Å². The molecule has 5 N–H and O–H groups in total. The van der Waals surface area contributed by atoms with E-state index in [0.717, 1.165) is 0 Å². The molecule has 0 aromatic heterocycles. The molecule has 1 aromatic carbocycles. The van der Waals surface area contributed by atoms with Crippen LogP contribution in [0.15, 0.2) is 24.3 Å². The number of amides is 3. The Bertz CT molecular complexity index is 499. The molecule has 20 heavy (non-hydrogen) atoms. The van der Waals surface area contributed by atoms with Crippen LogP contribution in [0.25, 0.3) is 0 Å². The van der Waals surface area contributed by atoms with Gasteiger partial charge in [0.2, 0.25) is 5.91 Å². The van der Waals surface area contributed by atoms with Crippen molar-refractivity contribution in [1.29, 1.82) is 0 Å². The molecule has 0 saturated heterocycles. The summed E-state index contributed by atoms with van der Waals surface area (Å²) in [6.45, 7) is 1.83. The Labute approximate surface area is 116 Å². The van der Waals surface area contributed by atoms with Crippen molar-refractivity contribution in [3.8, 4) is 0 Å². The first-order chi connectivity index (χ1) is 9.43. The SMILES string of the molecule is CCC[C@@H](NC(=O)Nc1ccc(C(N)=O)cc1)C(=O)O. The van der Waals surface area contributed by atoms with E-state index in [4.69, 9.17) is 10.8 Å². The molecule has 7 heteroatoms. The predicted octanol–water partition coefficient (Wildman–Crippen LogP) is 1.16. The molecule has 0 spiro atoms. The molecule has 1 rings (SSSR count). The van der Waals surface area contributed by atoms with Gasteiger partial charge in [-0.3, -0.25) is 4.79 Å². The van der Waals surface area contributed by atoms with Crippen LogP contribution in [0.4, 0.5) is 10.5 Å². The monoisotopic (exact) mass is 279 g/mol. The number of nitrogens with two attached hydrogens (primary N) is 1. The van der Waals surface area contributed by atoms with E-state index in [1.54, 1.807) is 0 Å². The summed E-state index contributed by atoms with van der Waals surface area (Å²) in [5.74, 6) is -1.64. The topological polar surface area (TPSA) is 122 Å². The van der Waals surface area contributed by atoms with Gasteiger partial charge in [0.25, 0.3) is 0 Å². The maximum Gasteiger partial charge on any atom is 0.326 e. The number of anilines is 1. The Kier molecular flexibility index (Phi) is 5.52. The van der Waals surface area contributed by atoms with E-state index in [0.29, 0.717) is 24.1 Å². The van der Waals surface area contributed by atoms with Crippen LogP contribution in [0, 0.1) is 0 Å². The Balaban J connectivity index is 2.61. The first-order valence-electron chi connectivity index (χ1n) is 6.14. The van der Waals surface area contributed by atoms with E-state index >= 15 is 0 Å². The van der Waals surface area contributed by atoms with Crippen molar-refractivity contribution in [2.75, 3.05) is 5.32 Å². The van der Waals surface area contributed by atoms with Crippen molar-refractivity contribution < 1.29 is 19.5 Å². The molecule has 1 atom stereocenters. The summed E-state index contributed by atoms with van der Waals surface area (Å²) in [6.07, 6.45) is 0.994. The zero-order valence-electron chi connectivity index (χ0n) is 11.1. The highest BCUT2D eigenvalue weighted by atomic mass is 16.4. The predicted molar refractivity (Wildman–Crippen MR) is 73.4 cm³/mol. The Hall–Kier alpha value is -2.57. The third kappa shape index (κ3) is 4.60. The van der Waals surface area contributed by atoms with Crippen molar-refractivity contribution in [2.24, 2.45) is 5.73 Å². The lowest BCUT2D eigenvalue weighted by Crippen LogP contribution is -2.42. The zero-order chi connectivity index (χ0) is 15.1. The second-order valence-corrected chi connectivity index (χ2v) is 4.22. The Morgan fingerprint density at radius 1 is 1.25 bits per heavy atom. The first kappa shape index (κ1) is 15.5. The van der Waals surface area contributed by atoms with E-state index < -0.39 is 23.9 Å². The van der Waals surface area contributed by atoms with Gasteiger partial charge in [-0.15, -0.1) is 0 Å². The fourth-order valence-electron chi connectivity index (χ4n) is 1.59. The minimum atomic E-state index is -1.08. The molecule has 0 radical (unpaired) electrons. The lowest BCUT2D eigenvalue weighted by molar-refractivity contribution is -0.139. The van der Waals surface area contributed by atoms with Gasteiger partial charge < -0.3 is 21.5 Å². The molecule has 0 unspecified atom stereocenters. The number of carboxylic acid groups (broad SMARTS) is 1. The van der Waals surface area contributed by atoms with Gasteiger partial charge in [-0.25, -0.2) is 9.59 Å². The van der Waals surface area contributed by atoms with E-state index in [2.05, 4.69) is 10.6 Å². The summed E-state index contributed by atoms with van der Waals surface area (Å²) < 4.78 is 0. The number of hydrogen-bond acceptors (Lipinski definition) is 3. The van der Waals surface area contributed by atoms with Crippen molar-refractivity contribution >= 4 is 23.6 Å². The molecular formula is C13H17N3O4. The molecule has 108 valence electrons. The number of carboxylic acids is 1. The minimum absolute atomic E-state index is 0.324. The van der Waals surface area contributed by atoms with Gasteiger partial charge in [0.15, 0.2) is 0 Å². The van der Waals surface area contributed by atoms with Gasteiger partial charge in [0.05, 0.1) is 0 Å². The van der Waals surface area contributed by atoms with Crippen molar-refractivity contribution in [3.05, 3.63) is 29.8 Å². The van der Waals surface area contributed by atoms with Crippen LogP contribution in [0.1, 0.15) is 30.1 Å². The van der Waals surface area contributed by atoms with Crippen LogP contribution >= 0.6 is 0 Å². The maximum absolute atomic E-state index is 11.6. The smallest absolute Gasteiger partial charge is 0.326 e. The van der Waals surface area contributed by atoms with Gasteiger partial charge in [-0.1, -0.05) is 13.3 Å². The lowest BCUT2D eigenvalue weighted by atomic mass is 10.2. The zero-order valence-corrected chi connectivity index (χ0v) is 11.1. The number of aliphatic carboxylic acids is 1. The molecule has 7 nitrogen and oxygen atoms in total. The largest absolute Gasteiger partial charge is 0.480 e. The molecule has 0 saturated carbocycles. The average molecular weight is 279 g/mol. The number of carbonyl (C=O) groups excluding carboxylic acids is 2. The number of rotatable bonds is 6. The Morgan fingerprint density at radius 3 is 2.30 bits per heavy atom. The van der Waals surface area contributed by atoms with E-state index in [-0.39, 0.29) is 0 Å². The number of benzene rings is 1. The third-order valence-electron chi connectivity index (χ3n) is 2.61. The molecule has 0 aliphatic rings. The first-order valence-corrected chi connectivity index (χ1v) is 6.14. The van der Waals surface area contributed by atoms with Crippen LogP contribution in [-0.2, 0) is 4.79 Å². The third-order valence-corrected chi connectivity index (χ3v) is 2.61. The summed E-state index contributed by atoms with van der Waals surface area (Å²) in [6, 6.07) is 4.42. The highest BCUT2D eigenvalue weighted by Crippen LogP contribution is 2.09. The quantitative estimate of drug-likeness (QED) is 0.624. The van der Waals surface area contributed by atoms with Crippen LogP contribution in [0.2, 0.25) is 0 Å². The summed E-state index contributed by atoms with van der Waals surface area (Å²) >= 11 is 0. The molecule has 1 aromatic rings. The number of carbonyl (C=O) groups is 3. The van der Waals surface area contributed by atoms with Crippen molar-refractivity contribution in [2.45, 2.75) is 25.8 Å². The van der Waals surface area contributed by atoms with Crippen molar-refractivity contribution in [3.63, 3.8) is 0 Å². The second-order valence-electron chi connectivity index (χ2n) is 4.22. The fourth-order valence-corrected chi connectivity index (χ4v) is 1.59. The lowest BCUT2D eigenvalue weighted by Gasteiger charge is -2.14. The Morgan fingerprint density at radius 2 is 1.85 bits per heavy atom. The number of primary amides is 1. The van der Waals surface area contributed by atoms with Crippen LogP contribution < -0.4 is 16.4 Å². The van der Waals surface area contributed by atoms with Crippen LogP contribution in [0.3, 0.4) is 0 Å². The molecular weight excluding hydrogens is 262 g/mol. The summed E-state index contributed by atoms with van der Waals surface area (Å²) in [4.78, 5) is 33.4. The fraction of sp³-hybridized carbons (Fsp3) is 0.308. The summed E-state index contributed by atoms with van der Waals surface area (Å²) in [5, 5.41) is 13.8. The summed E-state index contributed by atoms with van der Waals surface area (Å²) in [7, 11) is 0.